The second-order valence-corrected chi connectivity index (χ2v) is 2.89. The first kappa shape index (κ1) is 8.07. The molecule has 0 aliphatic heterocycles. The largest absolute Gasteiger partial charge is 0.384 e. The highest BCUT2D eigenvalue weighted by atomic mass is 15.1. The third kappa shape index (κ3) is 1.62. The molecule has 68 valence electrons. The molecular weight excluding hydrogens is 164 g/mol. The summed E-state index contributed by atoms with van der Waals surface area (Å²) in [6, 6.07) is 6.07. The molecule has 0 aliphatic rings. The molecule has 13 heavy (non-hydrogen) atoms. The monoisotopic (exact) mass is 176 g/mol. The first-order chi connectivity index (χ1) is 6.40. The van der Waals surface area contributed by atoms with Crippen molar-refractivity contribution in [3.8, 4) is 0 Å². The lowest BCUT2D eigenvalue weighted by molar-refractivity contribution is 1.02. The van der Waals surface area contributed by atoms with Gasteiger partial charge in [0.2, 0.25) is 0 Å². The molecule has 0 radical (unpaired) electrons. The maximum absolute atomic E-state index is 5.39. The average molecular weight is 176 g/mol. The molecule has 0 saturated carbocycles. The number of rotatable bonds is 3. The molecule has 0 bridgehead atoms. The Hall–Kier alpha value is -1.55. The summed E-state index contributed by atoms with van der Waals surface area (Å²) in [6.45, 7) is 1.43. The second kappa shape index (κ2) is 3.45. The van der Waals surface area contributed by atoms with Crippen LogP contribution in [0, 0.1) is 0 Å². The molecule has 0 aliphatic carbocycles. The van der Waals surface area contributed by atoms with Crippen LogP contribution in [0.3, 0.4) is 0 Å². The number of anilines is 1. The third-order valence-electron chi connectivity index (χ3n) is 1.92. The molecule has 0 atom stereocenters. The van der Waals surface area contributed by atoms with Gasteiger partial charge in [-0.1, -0.05) is 0 Å². The van der Waals surface area contributed by atoms with Crippen LogP contribution >= 0.6 is 0 Å². The van der Waals surface area contributed by atoms with Crippen molar-refractivity contribution in [2.24, 2.45) is 5.73 Å². The van der Waals surface area contributed by atoms with E-state index in [0.717, 1.165) is 23.1 Å². The van der Waals surface area contributed by atoms with E-state index >= 15 is 0 Å². The zero-order valence-corrected chi connectivity index (χ0v) is 7.25. The summed E-state index contributed by atoms with van der Waals surface area (Å²) in [5.74, 6) is 0. The Morgan fingerprint density at radius 2 is 2.38 bits per heavy atom. The van der Waals surface area contributed by atoms with E-state index in [4.69, 9.17) is 5.73 Å². The summed E-state index contributed by atoms with van der Waals surface area (Å²) >= 11 is 0. The Morgan fingerprint density at radius 3 is 3.23 bits per heavy atom. The SMILES string of the molecule is NCCNc1ccc2cn[nH]c2c1. The highest BCUT2D eigenvalue weighted by molar-refractivity contribution is 5.81. The van der Waals surface area contributed by atoms with Crippen LogP contribution in [0.25, 0.3) is 10.9 Å². The number of aromatic amines is 1. The molecule has 0 spiro atoms. The van der Waals surface area contributed by atoms with Gasteiger partial charge in [0, 0.05) is 24.2 Å². The van der Waals surface area contributed by atoms with Crippen molar-refractivity contribution < 1.29 is 0 Å². The molecule has 0 amide bonds. The van der Waals surface area contributed by atoms with Crippen LogP contribution in [0.4, 0.5) is 5.69 Å². The number of benzene rings is 1. The lowest BCUT2D eigenvalue weighted by atomic mass is 10.2. The lowest BCUT2D eigenvalue weighted by Crippen LogP contribution is -2.12. The van der Waals surface area contributed by atoms with Crippen molar-refractivity contribution >= 4 is 16.6 Å². The van der Waals surface area contributed by atoms with Crippen LogP contribution in [0.1, 0.15) is 0 Å². The van der Waals surface area contributed by atoms with Gasteiger partial charge in [-0.15, -0.1) is 0 Å². The van der Waals surface area contributed by atoms with Crippen LogP contribution in [-0.4, -0.2) is 23.3 Å². The molecule has 4 nitrogen and oxygen atoms in total. The van der Waals surface area contributed by atoms with Gasteiger partial charge in [-0.25, -0.2) is 0 Å². The van der Waals surface area contributed by atoms with Gasteiger partial charge in [-0.2, -0.15) is 5.10 Å². The van der Waals surface area contributed by atoms with Crippen molar-refractivity contribution in [1.82, 2.24) is 10.2 Å². The maximum atomic E-state index is 5.39. The van der Waals surface area contributed by atoms with Gasteiger partial charge in [0.05, 0.1) is 11.7 Å². The number of nitrogens with zero attached hydrogens (tertiary/aromatic N) is 1. The Morgan fingerprint density at radius 1 is 1.46 bits per heavy atom. The van der Waals surface area contributed by atoms with Gasteiger partial charge < -0.3 is 11.1 Å². The van der Waals surface area contributed by atoms with Gasteiger partial charge in [0.1, 0.15) is 0 Å². The van der Waals surface area contributed by atoms with Gasteiger partial charge in [-0.3, -0.25) is 5.10 Å². The number of nitrogens with one attached hydrogen (secondary N) is 2. The average Bonchev–Trinajstić information content (AvgIpc) is 2.61. The molecule has 4 heteroatoms. The molecule has 1 heterocycles. The number of hydrogen-bond donors (Lipinski definition) is 3. The van der Waals surface area contributed by atoms with E-state index in [1.54, 1.807) is 0 Å². The second-order valence-electron chi connectivity index (χ2n) is 2.89. The van der Waals surface area contributed by atoms with Gasteiger partial charge in [-0.05, 0) is 18.2 Å². The Balaban J connectivity index is 2.26. The predicted molar refractivity (Wildman–Crippen MR) is 53.6 cm³/mol. The van der Waals surface area contributed by atoms with E-state index in [0.29, 0.717) is 6.54 Å². The Bertz CT molecular complexity index is 393. The van der Waals surface area contributed by atoms with Crippen molar-refractivity contribution in [2.45, 2.75) is 0 Å². The molecule has 0 saturated heterocycles. The summed E-state index contributed by atoms with van der Waals surface area (Å²) in [6.07, 6.45) is 1.81. The molecule has 1 aromatic carbocycles. The minimum Gasteiger partial charge on any atom is -0.384 e. The summed E-state index contributed by atoms with van der Waals surface area (Å²) in [4.78, 5) is 0. The number of fused-ring (bicyclic) bond motifs is 1. The number of nitrogens with two attached hydrogens (primary N) is 1. The number of aromatic nitrogens is 2. The van der Waals surface area contributed by atoms with E-state index in [2.05, 4.69) is 15.5 Å². The third-order valence-corrected chi connectivity index (χ3v) is 1.92. The smallest absolute Gasteiger partial charge is 0.0670 e. The minimum absolute atomic E-state index is 0.640. The Labute approximate surface area is 76.1 Å². The molecule has 4 N–H and O–H groups in total. The number of H-pyrrole nitrogens is 1. The quantitative estimate of drug-likeness (QED) is 0.651. The van der Waals surface area contributed by atoms with E-state index in [9.17, 15) is 0 Å². The Kier molecular flexibility index (Phi) is 2.14. The molecule has 2 rings (SSSR count). The first-order valence-corrected chi connectivity index (χ1v) is 4.27. The van der Waals surface area contributed by atoms with Gasteiger partial charge >= 0.3 is 0 Å². The maximum Gasteiger partial charge on any atom is 0.0670 e. The van der Waals surface area contributed by atoms with Crippen molar-refractivity contribution in [3.63, 3.8) is 0 Å². The molecule has 2 aromatic rings. The highest BCUT2D eigenvalue weighted by Gasteiger charge is 1.96. The fourth-order valence-electron chi connectivity index (χ4n) is 1.26. The first-order valence-electron chi connectivity index (χ1n) is 4.27. The molecular formula is C9H12N4. The van der Waals surface area contributed by atoms with E-state index in [1.165, 1.54) is 0 Å². The standard InChI is InChI=1S/C9H12N4/c10-3-4-11-8-2-1-7-6-12-13-9(7)5-8/h1-2,5-6,11H,3-4,10H2,(H,12,13). The zero-order chi connectivity index (χ0) is 9.10. The minimum atomic E-state index is 0.640. The fourth-order valence-corrected chi connectivity index (χ4v) is 1.26. The van der Waals surface area contributed by atoms with Crippen LogP contribution in [-0.2, 0) is 0 Å². The summed E-state index contributed by atoms with van der Waals surface area (Å²) in [5, 5.41) is 11.2. The molecule has 1 aromatic heterocycles. The van der Waals surface area contributed by atoms with Gasteiger partial charge in [0.15, 0.2) is 0 Å². The van der Waals surface area contributed by atoms with Crippen LogP contribution < -0.4 is 11.1 Å². The van der Waals surface area contributed by atoms with E-state index in [-0.39, 0.29) is 0 Å². The summed E-state index contributed by atoms with van der Waals surface area (Å²) in [5.41, 5.74) is 7.50. The summed E-state index contributed by atoms with van der Waals surface area (Å²) in [7, 11) is 0. The number of hydrogen-bond acceptors (Lipinski definition) is 3. The molecule has 0 fully saturated rings. The van der Waals surface area contributed by atoms with Crippen LogP contribution in [0.5, 0.6) is 0 Å². The summed E-state index contributed by atoms with van der Waals surface area (Å²) < 4.78 is 0. The molecule has 0 unspecified atom stereocenters. The van der Waals surface area contributed by atoms with Gasteiger partial charge in [0.25, 0.3) is 0 Å². The van der Waals surface area contributed by atoms with Crippen LogP contribution in [0.15, 0.2) is 24.4 Å². The van der Waals surface area contributed by atoms with Crippen molar-refractivity contribution in [3.05, 3.63) is 24.4 Å². The highest BCUT2D eigenvalue weighted by Crippen LogP contribution is 2.15. The fraction of sp³-hybridized carbons (Fsp3) is 0.222. The predicted octanol–water partition coefficient (Wildman–Crippen LogP) is 0.933. The topological polar surface area (TPSA) is 66.7 Å². The normalized spacial score (nSPS) is 10.5. The van der Waals surface area contributed by atoms with E-state index < -0.39 is 0 Å². The zero-order valence-electron chi connectivity index (χ0n) is 7.25. The van der Waals surface area contributed by atoms with Crippen molar-refractivity contribution in [2.75, 3.05) is 18.4 Å². The van der Waals surface area contributed by atoms with Crippen molar-refractivity contribution in [1.29, 1.82) is 0 Å². The van der Waals surface area contributed by atoms with Crippen LogP contribution in [0.2, 0.25) is 0 Å². The lowest BCUT2D eigenvalue weighted by Gasteiger charge is -2.03. The van der Waals surface area contributed by atoms with E-state index in [1.807, 2.05) is 24.4 Å².